The smallest absolute Gasteiger partial charge is 0.387 e. The molecule has 0 aromatic carbocycles. The van der Waals surface area contributed by atoms with E-state index in [-0.39, 0.29) is 0 Å². The van der Waals surface area contributed by atoms with Crippen molar-refractivity contribution in [2.24, 2.45) is 0 Å². The number of aliphatic hydroxyl groups excluding tert-OH is 2. The first-order valence-corrected chi connectivity index (χ1v) is 8.16. The lowest BCUT2D eigenvalue weighted by Gasteiger charge is -2.36. The molecule has 0 aliphatic carbocycles. The summed E-state index contributed by atoms with van der Waals surface area (Å²) in [6, 6.07) is 0. The van der Waals surface area contributed by atoms with Gasteiger partial charge in [0.25, 0.3) is 0 Å². The Bertz CT molecular complexity index is 764. The number of ether oxygens (including phenoxy) is 5. The number of aliphatic hydroxyl groups is 2. The van der Waals surface area contributed by atoms with Crippen LogP contribution in [0.3, 0.4) is 0 Å². The molecule has 0 aromatic heterocycles. The third kappa shape index (κ3) is 8.65. The summed E-state index contributed by atoms with van der Waals surface area (Å²) in [5.74, 6) is 0. The van der Waals surface area contributed by atoms with Gasteiger partial charge in [0.1, 0.15) is 13.2 Å². The SMILES string of the molecule is OCC(F)(F)OC(F)(F)C(F)(F)OC(F)(F)C(F)(F)OC(F)(F)C(F)(F)OC(F)(F)C(F)(F)OC(F)(F)CO. The van der Waals surface area contributed by atoms with Crippen LogP contribution in [0.4, 0.5) is 87.8 Å². The maximum atomic E-state index is 13.2. The van der Waals surface area contributed by atoms with E-state index in [1.165, 1.54) is 14.2 Å². The molecule has 0 spiro atoms. The second kappa shape index (κ2) is 10.6. The molecule has 0 unspecified atom stereocenters. The first-order valence-electron chi connectivity index (χ1n) is 8.16. The minimum absolute atomic E-state index is 1.29. The van der Waals surface area contributed by atoms with Gasteiger partial charge in [-0.05, 0) is 0 Å². The van der Waals surface area contributed by atoms with Gasteiger partial charge in [0.15, 0.2) is 0 Å². The maximum absolute atomic E-state index is 13.2. The van der Waals surface area contributed by atoms with Crippen LogP contribution in [0, 0.1) is 0 Å². The highest BCUT2D eigenvalue weighted by atomic mass is 19.4. The van der Waals surface area contributed by atoms with Crippen molar-refractivity contribution in [1.82, 2.24) is 0 Å². The fourth-order valence-corrected chi connectivity index (χ4v) is 1.40. The molecular weight excluding hydrogens is 636 g/mol. The molecule has 39 heavy (non-hydrogen) atoms. The van der Waals surface area contributed by atoms with Crippen molar-refractivity contribution in [1.29, 1.82) is 0 Å². The molecule has 0 radical (unpaired) electrons. The van der Waals surface area contributed by atoms with Crippen molar-refractivity contribution in [2.45, 2.75) is 61.1 Å². The number of halogens is 20. The second-order valence-electron chi connectivity index (χ2n) is 6.24. The molecule has 0 aliphatic heterocycles. The van der Waals surface area contributed by atoms with E-state index in [4.69, 9.17) is 10.2 Å². The molecule has 0 saturated heterocycles. The summed E-state index contributed by atoms with van der Waals surface area (Å²) in [6.07, 6.45) is -72.2. The van der Waals surface area contributed by atoms with E-state index in [1.807, 2.05) is 9.47 Å². The van der Waals surface area contributed by atoms with E-state index in [2.05, 4.69) is 0 Å². The summed E-state index contributed by atoms with van der Waals surface area (Å²) in [4.78, 5) is 0. The lowest BCUT2D eigenvalue weighted by atomic mass is 10.4. The minimum Gasteiger partial charge on any atom is -0.387 e. The van der Waals surface area contributed by atoms with Crippen LogP contribution in [0.15, 0.2) is 0 Å². The van der Waals surface area contributed by atoms with Gasteiger partial charge in [-0.1, -0.05) is 0 Å². The highest BCUT2D eigenvalue weighted by molar-refractivity contribution is 4.80. The molecule has 0 rings (SSSR count). The van der Waals surface area contributed by atoms with Crippen molar-refractivity contribution < 1.29 is 122 Å². The average molecular weight is 642 g/mol. The van der Waals surface area contributed by atoms with E-state index >= 15 is 0 Å². The van der Waals surface area contributed by atoms with Crippen molar-refractivity contribution >= 4 is 0 Å². The van der Waals surface area contributed by atoms with E-state index in [0.717, 1.165) is 0 Å². The molecule has 236 valence electrons. The lowest BCUT2D eigenvalue weighted by Crippen LogP contribution is -2.61. The van der Waals surface area contributed by atoms with Gasteiger partial charge in [-0.2, -0.15) is 87.8 Å². The molecule has 27 heteroatoms. The van der Waals surface area contributed by atoms with Crippen LogP contribution in [-0.4, -0.2) is 84.5 Å². The summed E-state index contributed by atoms with van der Waals surface area (Å²) in [5, 5.41) is 15.8. The number of hydrogen-bond acceptors (Lipinski definition) is 7. The van der Waals surface area contributed by atoms with Crippen LogP contribution in [0.1, 0.15) is 0 Å². The molecule has 0 aromatic rings. The van der Waals surface area contributed by atoms with E-state index in [9.17, 15) is 87.8 Å². The fraction of sp³-hybridized carbons (Fsp3) is 1.00. The molecule has 0 heterocycles. The standard InChI is InChI=1S/C12H6F20O7/c13-3(14,1-33)35-5(17,18)7(21,22)37-9(25,26)11(29,30)39-12(31,32)10(27,28)38-8(23,24)6(19,20)36-4(15,16)2-34/h33-34H,1-2H2. The highest BCUT2D eigenvalue weighted by Crippen LogP contribution is 2.52. The Morgan fingerprint density at radius 2 is 0.410 bits per heavy atom. The van der Waals surface area contributed by atoms with Crippen molar-refractivity contribution in [3.05, 3.63) is 0 Å². The number of alkyl halides is 20. The lowest BCUT2D eigenvalue weighted by molar-refractivity contribution is -0.587. The Balaban J connectivity index is 6.04. The first-order chi connectivity index (χ1) is 16.7. The van der Waals surface area contributed by atoms with Gasteiger partial charge in [-0.25, -0.2) is 23.7 Å². The Hall–Kier alpha value is -1.68. The summed E-state index contributed by atoms with van der Waals surface area (Å²) in [6.45, 7) is -5.83. The zero-order valence-corrected chi connectivity index (χ0v) is 16.9. The molecule has 0 saturated carbocycles. The van der Waals surface area contributed by atoms with E-state index in [1.54, 1.807) is 0 Å². The summed E-state index contributed by atoms with van der Waals surface area (Å²) < 4.78 is 267. The van der Waals surface area contributed by atoms with Crippen molar-refractivity contribution in [3.63, 3.8) is 0 Å². The molecule has 7 nitrogen and oxygen atoms in total. The van der Waals surface area contributed by atoms with Gasteiger partial charge in [-0.15, -0.1) is 0 Å². The fourth-order valence-electron chi connectivity index (χ4n) is 1.40. The Labute approximate surface area is 197 Å². The zero-order chi connectivity index (χ0) is 31.9. The normalized spacial score (nSPS) is 16.2. The number of rotatable bonds is 16. The molecule has 2 N–H and O–H groups in total. The van der Waals surface area contributed by atoms with Gasteiger partial charge < -0.3 is 10.2 Å². The molecule has 0 amide bonds. The quantitative estimate of drug-likeness (QED) is 0.230. The monoisotopic (exact) mass is 642 g/mol. The molecular formula is C12H6F20O7. The largest absolute Gasteiger partial charge is 0.453 e. The van der Waals surface area contributed by atoms with Crippen LogP contribution in [-0.2, 0) is 23.7 Å². The van der Waals surface area contributed by atoms with Gasteiger partial charge >= 0.3 is 61.1 Å². The van der Waals surface area contributed by atoms with Gasteiger partial charge in [-0.3, -0.25) is 0 Å². The summed E-state index contributed by atoms with van der Waals surface area (Å²) >= 11 is 0. The summed E-state index contributed by atoms with van der Waals surface area (Å²) in [7, 11) is 0. The van der Waals surface area contributed by atoms with Gasteiger partial charge in [0.05, 0.1) is 0 Å². The predicted molar refractivity (Wildman–Crippen MR) is 69.1 cm³/mol. The third-order valence-corrected chi connectivity index (χ3v) is 3.05. The Morgan fingerprint density at radius 1 is 0.282 bits per heavy atom. The summed E-state index contributed by atoms with van der Waals surface area (Å²) in [5.41, 5.74) is 0. The number of hydrogen-bond donors (Lipinski definition) is 2. The van der Waals surface area contributed by atoms with Crippen LogP contribution in [0.25, 0.3) is 0 Å². The second-order valence-corrected chi connectivity index (χ2v) is 6.24. The highest BCUT2D eigenvalue weighted by Gasteiger charge is 2.78. The van der Waals surface area contributed by atoms with Crippen LogP contribution < -0.4 is 0 Å². The van der Waals surface area contributed by atoms with Crippen LogP contribution >= 0.6 is 0 Å². The maximum Gasteiger partial charge on any atom is 0.453 e. The molecule has 0 atom stereocenters. The average Bonchev–Trinajstić information content (AvgIpc) is 2.63. The van der Waals surface area contributed by atoms with Crippen LogP contribution in [0.2, 0.25) is 0 Å². The van der Waals surface area contributed by atoms with Gasteiger partial charge in [0, 0.05) is 0 Å². The zero-order valence-electron chi connectivity index (χ0n) is 16.9. The van der Waals surface area contributed by atoms with Crippen LogP contribution in [0.5, 0.6) is 0 Å². The first kappa shape index (κ1) is 37.3. The molecule has 0 bridgehead atoms. The van der Waals surface area contributed by atoms with Crippen molar-refractivity contribution in [2.75, 3.05) is 13.2 Å². The van der Waals surface area contributed by atoms with Gasteiger partial charge in [0.2, 0.25) is 0 Å². The predicted octanol–water partition coefficient (Wildman–Crippen LogP) is 4.98. The Kier molecular flexibility index (Phi) is 10.2. The topological polar surface area (TPSA) is 86.6 Å². The van der Waals surface area contributed by atoms with Crippen molar-refractivity contribution in [3.8, 4) is 0 Å². The third-order valence-electron chi connectivity index (χ3n) is 3.05. The minimum atomic E-state index is -7.86. The van der Waals surface area contributed by atoms with E-state index in [0.29, 0.717) is 0 Å². The van der Waals surface area contributed by atoms with E-state index < -0.39 is 74.3 Å². The molecule has 0 fully saturated rings. The molecule has 0 aliphatic rings. The Morgan fingerprint density at radius 3 is 0.538 bits per heavy atom.